The van der Waals surface area contributed by atoms with Gasteiger partial charge in [-0.3, -0.25) is 4.79 Å². The molecule has 0 amide bonds. The van der Waals surface area contributed by atoms with Gasteiger partial charge in [0.2, 0.25) is 0 Å². The summed E-state index contributed by atoms with van der Waals surface area (Å²) in [6.07, 6.45) is 8.51. The van der Waals surface area contributed by atoms with Gasteiger partial charge in [0.05, 0.1) is 0 Å². The lowest BCUT2D eigenvalue weighted by Gasteiger charge is -2.34. The molecule has 0 bridgehead atoms. The molecule has 1 heterocycles. The maximum Gasteiger partial charge on any atom is 0.266 e. The number of aromatic amines is 1. The van der Waals surface area contributed by atoms with Crippen molar-refractivity contribution in [2.75, 3.05) is 0 Å². The molecule has 2 aliphatic rings. The standard InChI is InChI=1S/C14H16N2O/c15-9-11-7-10-8-14(4-1-2-5-14)6-3-12(10)16-13(11)17/h7H,1-6,8H2,(H,16,17). The average Bonchev–Trinajstić information content (AvgIpc) is 2.77. The molecule has 1 spiro atoms. The summed E-state index contributed by atoms with van der Waals surface area (Å²) in [5, 5.41) is 8.91. The van der Waals surface area contributed by atoms with E-state index in [2.05, 4.69) is 4.98 Å². The second-order valence-corrected chi connectivity index (χ2v) is 5.51. The van der Waals surface area contributed by atoms with Crippen molar-refractivity contribution < 1.29 is 0 Å². The number of hydrogen-bond acceptors (Lipinski definition) is 2. The Morgan fingerprint density at radius 3 is 2.76 bits per heavy atom. The molecule has 0 aliphatic heterocycles. The minimum Gasteiger partial charge on any atom is -0.325 e. The van der Waals surface area contributed by atoms with Gasteiger partial charge in [0, 0.05) is 5.69 Å². The number of aromatic nitrogens is 1. The zero-order valence-corrected chi connectivity index (χ0v) is 9.88. The fraction of sp³-hybridized carbons (Fsp3) is 0.571. The van der Waals surface area contributed by atoms with E-state index in [9.17, 15) is 4.79 Å². The van der Waals surface area contributed by atoms with E-state index in [-0.39, 0.29) is 11.1 Å². The fourth-order valence-electron chi connectivity index (χ4n) is 3.51. The van der Waals surface area contributed by atoms with Gasteiger partial charge in [-0.05, 0) is 49.1 Å². The fourth-order valence-corrected chi connectivity index (χ4v) is 3.51. The third-order valence-corrected chi connectivity index (χ3v) is 4.47. The Labute approximate surface area is 100 Å². The Morgan fingerprint density at radius 1 is 1.29 bits per heavy atom. The van der Waals surface area contributed by atoms with E-state index < -0.39 is 0 Å². The maximum absolute atomic E-state index is 11.6. The van der Waals surface area contributed by atoms with Crippen molar-refractivity contribution in [2.24, 2.45) is 5.41 Å². The predicted molar refractivity (Wildman–Crippen MR) is 64.7 cm³/mol. The van der Waals surface area contributed by atoms with Crippen molar-refractivity contribution in [1.29, 1.82) is 5.26 Å². The number of H-pyrrole nitrogens is 1. The van der Waals surface area contributed by atoms with E-state index >= 15 is 0 Å². The number of nitrogens with one attached hydrogen (secondary N) is 1. The number of nitriles is 1. The van der Waals surface area contributed by atoms with Crippen LogP contribution in [0.15, 0.2) is 10.9 Å². The molecule has 0 atom stereocenters. The summed E-state index contributed by atoms with van der Waals surface area (Å²) in [5.41, 5.74) is 2.77. The molecule has 0 radical (unpaired) electrons. The first-order valence-corrected chi connectivity index (χ1v) is 6.38. The van der Waals surface area contributed by atoms with Crippen LogP contribution in [-0.2, 0) is 12.8 Å². The Kier molecular flexibility index (Phi) is 2.32. The Balaban J connectivity index is 2.02. The minimum atomic E-state index is -0.228. The van der Waals surface area contributed by atoms with Crippen LogP contribution in [0.1, 0.15) is 48.9 Å². The minimum absolute atomic E-state index is 0.228. The normalized spacial score (nSPS) is 21.1. The topological polar surface area (TPSA) is 56.6 Å². The molecule has 0 unspecified atom stereocenters. The highest BCUT2D eigenvalue weighted by molar-refractivity contribution is 5.35. The molecular formula is C14H16N2O. The van der Waals surface area contributed by atoms with Gasteiger partial charge in [-0.25, -0.2) is 0 Å². The second kappa shape index (κ2) is 3.73. The largest absolute Gasteiger partial charge is 0.325 e. The SMILES string of the molecule is N#Cc1cc2c([nH]c1=O)CCC1(CCCC1)C2. The number of rotatable bonds is 0. The van der Waals surface area contributed by atoms with Crippen molar-refractivity contribution in [2.45, 2.75) is 44.9 Å². The van der Waals surface area contributed by atoms with Crippen LogP contribution in [0.4, 0.5) is 0 Å². The van der Waals surface area contributed by atoms with Crippen LogP contribution in [-0.4, -0.2) is 4.98 Å². The smallest absolute Gasteiger partial charge is 0.266 e. The van der Waals surface area contributed by atoms with Crippen LogP contribution in [0, 0.1) is 16.7 Å². The Morgan fingerprint density at radius 2 is 2.06 bits per heavy atom. The van der Waals surface area contributed by atoms with Crippen molar-refractivity contribution in [3.63, 3.8) is 0 Å². The molecule has 3 rings (SSSR count). The molecule has 1 aromatic rings. The van der Waals surface area contributed by atoms with E-state index in [1.54, 1.807) is 0 Å². The summed E-state index contributed by atoms with van der Waals surface area (Å²) < 4.78 is 0. The van der Waals surface area contributed by atoms with Crippen LogP contribution in [0.3, 0.4) is 0 Å². The lowest BCUT2D eigenvalue weighted by atomic mass is 9.71. The number of pyridine rings is 1. The second-order valence-electron chi connectivity index (χ2n) is 5.51. The number of aryl methyl sites for hydroxylation is 1. The number of nitrogens with zero attached hydrogens (tertiary/aromatic N) is 1. The molecule has 1 saturated carbocycles. The summed E-state index contributed by atoms with van der Waals surface area (Å²) in [6, 6.07) is 3.79. The van der Waals surface area contributed by atoms with E-state index in [0.29, 0.717) is 5.41 Å². The first-order chi connectivity index (χ1) is 8.22. The highest BCUT2D eigenvalue weighted by Gasteiger charge is 2.37. The third kappa shape index (κ3) is 1.68. The van der Waals surface area contributed by atoms with Crippen LogP contribution in [0.25, 0.3) is 0 Å². The highest BCUT2D eigenvalue weighted by Crippen LogP contribution is 2.47. The van der Waals surface area contributed by atoms with Gasteiger partial charge >= 0.3 is 0 Å². The molecular weight excluding hydrogens is 212 g/mol. The molecule has 1 fully saturated rings. The zero-order valence-electron chi connectivity index (χ0n) is 9.88. The van der Waals surface area contributed by atoms with Gasteiger partial charge in [-0.15, -0.1) is 0 Å². The molecule has 2 aliphatic carbocycles. The Hall–Kier alpha value is -1.56. The van der Waals surface area contributed by atoms with Crippen molar-refractivity contribution in [3.8, 4) is 6.07 Å². The summed E-state index contributed by atoms with van der Waals surface area (Å²) >= 11 is 0. The summed E-state index contributed by atoms with van der Waals surface area (Å²) in [4.78, 5) is 14.4. The van der Waals surface area contributed by atoms with E-state index in [0.717, 1.165) is 18.5 Å². The van der Waals surface area contributed by atoms with Crippen LogP contribution >= 0.6 is 0 Å². The number of fused-ring (bicyclic) bond motifs is 1. The molecule has 88 valence electrons. The lowest BCUT2D eigenvalue weighted by molar-refractivity contribution is 0.252. The van der Waals surface area contributed by atoms with Crippen LogP contribution < -0.4 is 5.56 Å². The molecule has 17 heavy (non-hydrogen) atoms. The molecule has 0 aromatic carbocycles. The third-order valence-electron chi connectivity index (χ3n) is 4.47. The Bertz CT molecular complexity index is 544. The summed E-state index contributed by atoms with van der Waals surface area (Å²) in [7, 11) is 0. The number of hydrogen-bond donors (Lipinski definition) is 1. The van der Waals surface area contributed by atoms with Gasteiger partial charge in [0.15, 0.2) is 0 Å². The van der Waals surface area contributed by atoms with Crippen molar-refractivity contribution in [3.05, 3.63) is 33.2 Å². The first kappa shape index (κ1) is 10.6. The monoisotopic (exact) mass is 228 g/mol. The van der Waals surface area contributed by atoms with Gasteiger partial charge in [-0.2, -0.15) is 5.26 Å². The van der Waals surface area contributed by atoms with Gasteiger partial charge in [0.25, 0.3) is 5.56 Å². The van der Waals surface area contributed by atoms with Crippen molar-refractivity contribution in [1.82, 2.24) is 4.98 Å². The predicted octanol–water partition coefficient (Wildman–Crippen LogP) is 2.30. The van der Waals surface area contributed by atoms with E-state index in [4.69, 9.17) is 5.26 Å². The van der Waals surface area contributed by atoms with Gasteiger partial charge in [0.1, 0.15) is 11.6 Å². The molecule has 1 N–H and O–H groups in total. The van der Waals surface area contributed by atoms with Gasteiger partial charge < -0.3 is 4.98 Å². The maximum atomic E-state index is 11.6. The first-order valence-electron chi connectivity index (χ1n) is 6.38. The highest BCUT2D eigenvalue weighted by atomic mass is 16.1. The molecule has 3 nitrogen and oxygen atoms in total. The molecule has 3 heteroatoms. The van der Waals surface area contributed by atoms with E-state index in [1.165, 1.54) is 37.7 Å². The average molecular weight is 228 g/mol. The summed E-state index contributed by atoms with van der Waals surface area (Å²) in [6.45, 7) is 0. The molecule has 1 aromatic heterocycles. The van der Waals surface area contributed by atoms with Crippen LogP contribution in [0.2, 0.25) is 0 Å². The summed E-state index contributed by atoms with van der Waals surface area (Å²) in [5.74, 6) is 0. The van der Waals surface area contributed by atoms with Crippen molar-refractivity contribution >= 4 is 0 Å². The van der Waals surface area contributed by atoms with Gasteiger partial charge in [-0.1, -0.05) is 12.8 Å². The zero-order chi connectivity index (χ0) is 11.9. The quantitative estimate of drug-likeness (QED) is 0.740. The molecule has 0 saturated heterocycles. The lowest BCUT2D eigenvalue weighted by Crippen LogP contribution is -2.28. The van der Waals surface area contributed by atoms with E-state index in [1.807, 2.05) is 12.1 Å². The van der Waals surface area contributed by atoms with Crippen LogP contribution in [0.5, 0.6) is 0 Å².